The minimum absolute atomic E-state index is 0.0291. The Morgan fingerprint density at radius 2 is 1.86 bits per heavy atom. The van der Waals surface area contributed by atoms with E-state index < -0.39 is 0 Å². The molecule has 0 aromatic carbocycles. The van der Waals surface area contributed by atoms with Gasteiger partial charge in [0, 0.05) is 5.92 Å². The van der Waals surface area contributed by atoms with Crippen LogP contribution in [0, 0.1) is 5.92 Å². The van der Waals surface area contributed by atoms with Crippen LogP contribution in [-0.2, 0) is 4.74 Å². The molecule has 0 radical (unpaired) electrons. The molecular weight excluding hydrogens is 172 g/mol. The Labute approximate surface area is 87.5 Å². The lowest BCUT2D eigenvalue weighted by atomic mass is 9.73. The van der Waals surface area contributed by atoms with Gasteiger partial charge < -0.3 is 4.74 Å². The average Bonchev–Trinajstić information content (AvgIpc) is 2.18. The van der Waals surface area contributed by atoms with E-state index in [4.69, 9.17) is 4.74 Å². The molecule has 1 fully saturated rings. The molecule has 0 aromatic rings. The van der Waals surface area contributed by atoms with Crippen LogP contribution in [0.25, 0.3) is 0 Å². The zero-order valence-electron chi connectivity index (χ0n) is 10.1. The minimum Gasteiger partial charge on any atom is -0.365 e. The molecule has 1 heteroatoms. The first-order valence-electron chi connectivity index (χ1n) is 5.75. The van der Waals surface area contributed by atoms with Crippen LogP contribution >= 0.6 is 0 Å². The number of hydrogen-bond acceptors (Lipinski definition) is 1. The summed E-state index contributed by atoms with van der Waals surface area (Å²) in [6.07, 6.45) is 3.92. The summed E-state index contributed by atoms with van der Waals surface area (Å²) in [4.78, 5) is 0. The monoisotopic (exact) mass is 194 g/mol. The van der Waals surface area contributed by atoms with E-state index in [2.05, 4.69) is 34.6 Å². The van der Waals surface area contributed by atoms with Gasteiger partial charge in [-0.05, 0) is 59.5 Å². The molecule has 0 unspecified atom stereocenters. The number of rotatable bonds is 0. The molecule has 0 saturated carbocycles. The molecule has 14 heavy (non-hydrogen) atoms. The third kappa shape index (κ3) is 1.33. The third-order valence-corrected chi connectivity index (χ3v) is 3.86. The van der Waals surface area contributed by atoms with E-state index in [1.54, 1.807) is 11.1 Å². The molecule has 1 aliphatic heterocycles. The summed E-state index contributed by atoms with van der Waals surface area (Å²) in [7, 11) is 0. The fraction of sp³-hybridized carbons (Fsp3) is 0.846. The lowest BCUT2D eigenvalue weighted by molar-refractivity contribution is -0.0710. The minimum atomic E-state index is -0.0291. The number of ether oxygens (including phenoxy) is 1. The maximum atomic E-state index is 6.20. The summed E-state index contributed by atoms with van der Waals surface area (Å²) in [6, 6.07) is 0. The molecule has 0 spiro atoms. The van der Waals surface area contributed by atoms with E-state index in [0.29, 0.717) is 5.92 Å². The lowest BCUT2D eigenvalue weighted by Crippen LogP contribution is -2.29. The van der Waals surface area contributed by atoms with Gasteiger partial charge in [0.15, 0.2) is 0 Å². The Morgan fingerprint density at radius 3 is 2.43 bits per heavy atom. The maximum Gasteiger partial charge on any atom is 0.0849 e. The molecule has 1 aliphatic carbocycles. The van der Waals surface area contributed by atoms with Crippen molar-refractivity contribution in [3.63, 3.8) is 0 Å². The standard InChI is InChI=1S/C13H22O/c1-9-7-6-8-10-11(9)13(4,5)14-12(10,2)3/h10H,6-8H2,1-5H3/t10-/m0/s1. The van der Waals surface area contributed by atoms with Crippen LogP contribution < -0.4 is 0 Å². The normalized spacial score (nSPS) is 34.5. The van der Waals surface area contributed by atoms with E-state index in [9.17, 15) is 0 Å². The highest BCUT2D eigenvalue weighted by molar-refractivity contribution is 5.32. The van der Waals surface area contributed by atoms with Crippen molar-refractivity contribution < 1.29 is 4.74 Å². The van der Waals surface area contributed by atoms with Crippen LogP contribution in [0.15, 0.2) is 11.1 Å². The van der Waals surface area contributed by atoms with Crippen LogP contribution in [0.5, 0.6) is 0 Å². The highest BCUT2D eigenvalue weighted by Crippen LogP contribution is 2.52. The van der Waals surface area contributed by atoms with Crippen LogP contribution in [-0.4, -0.2) is 11.2 Å². The van der Waals surface area contributed by atoms with Gasteiger partial charge in [0.1, 0.15) is 0 Å². The quantitative estimate of drug-likeness (QED) is 0.534. The van der Waals surface area contributed by atoms with Crippen molar-refractivity contribution in [1.82, 2.24) is 0 Å². The van der Waals surface area contributed by atoms with Crippen LogP contribution in [0.4, 0.5) is 0 Å². The Kier molecular flexibility index (Phi) is 2.08. The van der Waals surface area contributed by atoms with E-state index >= 15 is 0 Å². The van der Waals surface area contributed by atoms with E-state index in [1.165, 1.54) is 19.3 Å². The fourth-order valence-electron chi connectivity index (χ4n) is 3.56. The van der Waals surface area contributed by atoms with Crippen molar-refractivity contribution in [2.75, 3.05) is 0 Å². The van der Waals surface area contributed by atoms with Gasteiger partial charge in [0.05, 0.1) is 11.2 Å². The van der Waals surface area contributed by atoms with Gasteiger partial charge in [-0.2, -0.15) is 0 Å². The zero-order valence-corrected chi connectivity index (χ0v) is 10.1. The van der Waals surface area contributed by atoms with Crippen molar-refractivity contribution in [2.24, 2.45) is 5.92 Å². The highest BCUT2D eigenvalue weighted by Gasteiger charge is 2.50. The first kappa shape index (κ1) is 10.2. The zero-order chi connectivity index (χ0) is 10.6. The predicted molar refractivity (Wildman–Crippen MR) is 59.3 cm³/mol. The summed E-state index contributed by atoms with van der Waals surface area (Å²) in [5.74, 6) is 0.659. The molecule has 2 aliphatic rings. The Balaban J connectivity index is 2.48. The van der Waals surface area contributed by atoms with Gasteiger partial charge in [0.25, 0.3) is 0 Å². The second-order valence-corrected chi connectivity index (χ2v) is 5.85. The molecule has 1 heterocycles. The number of fused-ring (bicyclic) bond motifs is 1. The molecule has 2 rings (SSSR count). The van der Waals surface area contributed by atoms with Gasteiger partial charge in [-0.1, -0.05) is 5.57 Å². The van der Waals surface area contributed by atoms with Gasteiger partial charge in [-0.3, -0.25) is 0 Å². The van der Waals surface area contributed by atoms with Crippen molar-refractivity contribution >= 4 is 0 Å². The molecule has 1 atom stereocenters. The van der Waals surface area contributed by atoms with Gasteiger partial charge in [-0.25, -0.2) is 0 Å². The highest BCUT2D eigenvalue weighted by atomic mass is 16.5. The lowest BCUT2D eigenvalue weighted by Gasteiger charge is -2.29. The molecule has 1 nitrogen and oxygen atoms in total. The summed E-state index contributed by atoms with van der Waals surface area (Å²) < 4.78 is 6.20. The van der Waals surface area contributed by atoms with Crippen molar-refractivity contribution in [1.29, 1.82) is 0 Å². The van der Waals surface area contributed by atoms with Crippen LogP contribution in [0.3, 0.4) is 0 Å². The average molecular weight is 194 g/mol. The van der Waals surface area contributed by atoms with Gasteiger partial charge in [-0.15, -0.1) is 0 Å². The number of hydrogen-bond donors (Lipinski definition) is 0. The molecular formula is C13H22O. The first-order valence-corrected chi connectivity index (χ1v) is 5.75. The largest absolute Gasteiger partial charge is 0.365 e. The Morgan fingerprint density at radius 1 is 1.21 bits per heavy atom. The van der Waals surface area contributed by atoms with Gasteiger partial charge in [0.2, 0.25) is 0 Å². The van der Waals surface area contributed by atoms with E-state index in [-0.39, 0.29) is 11.2 Å². The molecule has 0 amide bonds. The summed E-state index contributed by atoms with van der Waals surface area (Å²) >= 11 is 0. The van der Waals surface area contributed by atoms with E-state index in [1.807, 2.05) is 0 Å². The Bertz CT molecular complexity index is 284. The van der Waals surface area contributed by atoms with Crippen molar-refractivity contribution in [3.05, 3.63) is 11.1 Å². The smallest absolute Gasteiger partial charge is 0.0849 e. The van der Waals surface area contributed by atoms with Crippen LogP contribution in [0.2, 0.25) is 0 Å². The van der Waals surface area contributed by atoms with Crippen LogP contribution in [0.1, 0.15) is 53.9 Å². The predicted octanol–water partition coefficient (Wildman–Crippen LogP) is 3.69. The Hall–Kier alpha value is -0.300. The maximum absolute atomic E-state index is 6.20. The number of allylic oxidation sites excluding steroid dienone is 1. The van der Waals surface area contributed by atoms with Crippen molar-refractivity contribution in [3.8, 4) is 0 Å². The van der Waals surface area contributed by atoms with Gasteiger partial charge >= 0.3 is 0 Å². The molecule has 0 bridgehead atoms. The van der Waals surface area contributed by atoms with E-state index in [0.717, 1.165) is 0 Å². The molecule has 1 saturated heterocycles. The topological polar surface area (TPSA) is 9.23 Å². The second-order valence-electron chi connectivity index (χ2n) is 5.85. The summed E-state index contributed by atoms with van der Waals surface area (Å²) in [6.45, 7) is 11.2. The summed E-state index contributed by atoms with van der Waals surface area (Å²) in [5.41, 5.74) is 3.18. The summed E-state index contributed by atoms with van der Waals surface area (Å²) in [5, 5.41) is 0. The van der Waals surface area contributed by atoms with Crippen molar-refractivity contribution in [2.45, 2.75) is 65.1 Å². The second kappa shape index (κ2) is 2.85. The fourth-order valence-corrected chi connectivity index (χ4v) is 3.56. The molecule has 80 valence electrons. The SMILES string of the molecule is CC1=C2[C@H](CCC1)C(C)(C)OC2(C)C. The molecule has 0 aromatic heterocycles. The molecule has 0 N–H and O–H groups in total. The first-order chi connectivity index (χ1) is 6.34. The third-order valence-electron chi connectivity index (χ3n) is 3.86.